The van der Waals surface area contributed by atoms with Crippen molar-refractivity contribution in [3.63, 3.8) is 0 Å². The first-order valence-electron chi connectivity index (χ1n) is 9.90. The quantitative estimate of drug-likeness (QED) is 0.525. The van der Waals surface area contributed by atoms with Gasteiger partial charge in [0.25, 0.3) is 0 Å². The summed E-state index contributed by atoms with van der Waals surface area (Å²) in [5.74, 6) is 0.292. The van der Waals surface area contributed by atoms with E-state index in [0.717, 1.165) is 24.9 Å². The number of benzene rings is 3. The number of nitrogens with zero attached hydrogens (tertiary/aromatic N) is 1. The lowest BCUT2D eigenvalue weighted by atomic mass is 9.88. The van der Waals surface area contributed by atoms with E-state index < -0.39 is 0 Å². The van der Waals surface area contributed by atoms with Crippen LogP contribution >= 0.6 is 0 Å². The molecule has 3 aromatic rings. The minimum Gasteiger partial charge on any atom is -0.508 e. The molecule has 0 radical (unpaired) electrons. The number of likely N-dealkylation sites (N-methyl/N-ethyl adjacent to an activating group) is 1. The first-order valence-corrected chi connectivity index (χ1v) is 9.90. The zero-order chi connectivity index (χ0) is 19.9. The van der Waals surface area contributed by atoms with Gasteiger partial charge in [-0.15, -0.1) is 0 Å². The lowest BCUT2D eigenvalue weighted by Crippen LogP contribution is -2.14. The maximum atomic E-state index is 9.74. The maximum Gasteiger partial charge on any atom is 0.115 e. The lowest BCUT2D eigenvalue weighted by Gasteiger charge is -2.17. The molecule has 0 aromatic heterocycles. The van der Waals surface area contributed by atoms with E-state index in [1.165, 1.54) is 27.8 Å². The van der Waals surface area contributed by atoms with E-state index in [0.29, 0.717) is 5.75 Å². The second-order valence-electron chi connectivity index (χ2n) is 7.37. The monoisotopic (exact) mass is 371 g/mol. The van der Waals surface area contributed by atoms with E-state index >= 15 is 0 Å². The number of rotatable bonds is 7. The van der Waals surface area contributed by atoms with Crippen molar-refractivity contribution in [2.24, 2.45) is 0 Å². The van der Waals surface area contributed by atoms with Gasteiger partial charge in [-0.1, -0.05) is 73.7 Å². The number of aromatic hydroxyl groups is 1. The predicted octanol–water partition coefficient (Wildman–Crippen LogP) is 5.87. The zero-order valence-corrected chi connectivity index (χ0v) is 17.0. The Morgan fingerprint density at radius 3 is 1.86 bits per heavy atom. The molecule has 0 saturated heterocycles. The Kier molecular flexibility index (Phi) is 6.67. The van der Waals surface area contributed by atoms with Gasteiger partial charge in [-0.05, 0) is 72.5 Å². The Morgan fingerprint density at radius 2 is 1.32 bits per heavy atom. The summed E-state index contributed by atoms with van der Waals surface area (Å²) in [6.45, 7) is 3.25. The van der Waals surface area contributed by atoms with Crippen molar-refractivity contribution in [2.75, 3.05) is 20.6 Å². The highest BCUT2D eigenvalue weighted by Gasteiger charge is 2.13. The van der Waals surface area contributed by atoms with Gasteiger partial charge in [0.05, 0.1) is 0 Å². The van der Waals surface area contributed by atoms with Crippen LogP contribution in [0.1, 0.15) is 35.6 Å². The van der Waals surface area contributed by atoms with E-state index in [4.69, 9.17) is 0 Å². The Morgan fingerprint density at radius 1 is 0.750 bits per heavy atom. The van der Waals surface area contributed by atoms with Crippen LogP contribution in [0.4, 0.5) is 0 Å². The molecule has 0 atom stereocenters. The van der Waals surface area contributed by atoms with Crippen LogP contribution in [-0.2, 0) is 6.42 Å². The van der Waals surface area contributed by atoms with Crippen molar-refractivity contribution in [1.82, 2.24) is 4.90 Å². The summed E-state index contributed by atoms with van der Waals surface area (Å²) in [5, 5.41) is 9.74. The van der Waals surface area contributed by atoms with Gasteiger partial charge in [-0.25, -0.2) is 0 Å². The average Bonchev–Trinajstić information content (AvgIpc) is 2.72. The minimum atomic E-state index is 0.292. The molecule has 0 unspecified atom stereocenters. The molecule has 0 aliphatic carbocycles. The molecule has 0 bridgehead atoms. The zero-order valence-electron chi connectivity index (χ0n) is 17.0. The summed E-state index contributed by atoms with van der Waals surface area (Å²) in [5.41, 5.74) is 7.46. The molecule has 0 aliphatic heterocycles. The summed E-state index contributed by atoms with van der Waals surface area (Å²) in [7, 11) is 4.21. The number of hydrogen-bond donors (Lipinski definition) is 1. The number of allylic oxidation sites excluding steroid dienone is 1. The molecule has 1 N–H and O–H groups in total. The molecule has 0 saturated carbocycles. The van der Waals surface area contributed by atoms with Crippen LogP contribution in [0.15, 0.2) is 78.9 Å². The van der Waals surface area contributed by atoms with E-state index in [2.05, 4.69) is 80.5 Å². The Labute approximate surface area is 168 Å². The molecule has 0 fully saturated rings. The molecule has 28 heavy (non-hydrogen) atoms. The highest BCUT2D eigenvalue weighted by atomic mass is 16.3. The fraction of sp³-hybridized carbons (Fsp3) is 0.231. The first kappa shape index (κ1) is 19.9. The number of hydrogen-bond acceptors (Lipinski definition) is 2. The molecular weight excluding hydrogens is 342 g/mol. The summed E-state index contributed by atoms with van der Waals surface area (Å²) in [4.78, 5) is 2.21. The van der Waals surface area contributed by atoms with Crippen molar-refractivity contribution in [2.45, 2.75) is 19.8 Å². The fourth-order valence-corrected chi connectivity index (χ4v) is 3.50. The van der Waals surface area contributed by atoms with Crippen molar-refractivity contribution in [1.29, 1.82) is 0 Å². The van der Waals surface area contributed by atoms with Gasteiger partial charge in [-0.3, -0.25) is 0 Å². The summed E-state index contributed by atoms with van der Waals surface area (Å²) in [6, 6.07) is 27.0. The maximum absolute atomic E-state index is 9.74. The molecule has 2 heteroatoms. The van der Waals surface area contributed by atoms with Crippen LogP contribution in [0.5, 0.6) is 5.75 Å². The van der Waals surface area contributed by atoms with Crippen LogP contribution in [0, 0.1) is 0 Å². The molecule has 0 heterocycles. The smallest absolute Gasteiger partial charge is 0.115 e. The van der Waals surface area contributed by atoms with E-state index in [1.807, 2.05) is 12.1 Å². The third-order valence-electron chi connectivity index (χ3n) is 5.02. The topological polar surface area (TPSA) is 23.5 Å². The van der Waals surface area contributed by atoms with Gasteiger partial charge in [-0.2, -0.15) is 0 Å². The van der Waals surface area contributed by atoms with E-state index in [9.17, 15) is 5.11 Å². The largest absolute Gasteiger partial charge is 0.508 e. The molecule has 0 aliphatic rings. The van der Waals surface area contributed by atoms with Gasteiger partial charge in [0.2, 0.25) is 0 Å². The Bertz CT molecular complexity index is 907. The third-order valence-corrected chi connectivity index (χ3v) is 5.02. The van der Waals surface area contributed by atoms with Crippen molar-refractivity contribution < 1.29 is 5.11 Å². The van der Waals surface area contributed by atoms with Crippen molar-refractivity contribution >= 4 is 11.1 Å². The third kappa shape index (κ3) is 4.90. The van der Waals surface area contributed by atoms with Crippen molar-refractivity contribution in [3.8, 4) is 5.75 Å². The van der Waals surface area contributed by atoms with E-state index in [-0.39, 0.29) is 0 Å². The molecule has 2 nitrogen and oxygen atoms in total. The lowest BCUT2D eigenvalue weighted by molar-refractivity contribution is 0.413. The number of phenolic OH excluding ortho intramolecular Hbond substituents is 1. The highest BCUT2D eigenvalue weighted by molar-refractivity contribution is 5.98. The van der Waals surface area contributed by atoms with Gasteiger partial charge in [0, 0.05) is 6.54 Å². The van der Waals surface area contributed by atoms with Crippen LogP contribution < -0.4 is 0 Å². The van der Waals surface area contributed by atoms with Crippen LogP contribution in [0.3, 0.4) is 0 Å². The summed E-state index contributed by atoms with van der Waals surface area (Å²) < 4.78 is 0. The van der Waals surface area contributed by atoms with Gasteiger partial charge in [0.1, 0.15) is 5.75 Å². The van der Waals surface area contributed by atoms with Gasteiger partial charge < -0.3 is 10.0 Å². The van der Waals surface area contributed by atoms with E-state index in [1.54, 1.807) is 12.1 Å². The standard InChI is InChI=1S/C26H29NO/c1-4-25(21-8-6-5-7-9-21)26(23-14-16-24(28)17-15-23)22-12-10-20(11-13-22)18-19-27(2)3/h5-17,28H,4,18-19H2,1-3H3/b26-25-. The minimum absolute atomic E-state index is 0.292. The predicted molar refractivity (Wildman–Crippen MR) is 119 cm³/mol. The second-order valence-corrected chi connectivity index (χ2v) is 7.37. The van der Waals surface area contributed by atoms with Crippen LogP contribution in [-0.4, -0.2) is 30.6 Å². The highest BCUT2D eigenvalue weighted by Crippen LogP contribution is 2.35. The second kappa shape index (κ2) is 9.38. The SMILES string of the molecule is CC/C(=C(/c1ccc(O)cc1)c1ccc(CCN(C)C)cc1)c1ccccc1. The van der Waals surface area contributed by atoms with Crippen molar-refractivity contribution in [3.05, 3.63) is 101 Å². The van der Waals surface area contributed by atoms with Crippen LogP contribution in [0.25, 0.3) is 11.1 Å². The molecule has 0 spiro atoms. The molecular formula is C26H29NO. The Hall–Kier alpha value is -2.84. The molecule has 3 rings (SSSR count). The summed E-state index contributed by atoms with van der Waals surface area (Å²) >= 11 is 0. The average molecular weight is 372 g/mol. The molecule has 0 amide bonds. The normalized spacial score (nSPS) is 12.1. The number of phenols is 1. The molecule has 3 aromatic carbocycles. The van der Waals surface area contributed by atoms with Crippen LogP contribution in [0.2, 0.25) is 0 Å². The van der Waals surface area contributed by atoms with Gasteiger partial charge >= 0.3 is 0 Å². The first-order chi connectivity index (χ1) is 13.6. The fourth-order valence-electron chi connectivity index (χ4n) is 3.50. The van der Waals surface area contributed by atoms with Gasteiger partial charge in [0.15, 0.2) is 0 Å². The summed E-state index contributed by atoms with van der Waals surface area (Å²) in [6.07, 6.45) is 1.98. The molecule has 144 valence electrons. The Balaban J connectivity index is 2.09.